The van der Waals surface area contributed by atoms with Gasteiger partial charge < -0.3 is 4.57 Å². The third-order valence-corrected chi connectivity index (χ3v) is 5.08. The molecule has 8 heteroatoms. The zero-order chi connectivity index (χ0) is 16.5. The lowest BCUT2D eigenvalue weighted by atomic mass is 10.2. The van der Waals surface area contributed by atoms with Crippen molar-refractivity contribution in [3.05, 3.63) is 23.0 Å². The number of rotatable bonds is 4. The number of aromatic nitrogens is 1. The van der Waals surface area contributed by atoms with E-state index in [1.807, 2.05) is 11.5 Å². The van der Waals surface area contributed by atoms with Crippen molar-refractivity contribution in [2.75, 3.05) is 0 Å². The lowest BCUT2D eigenvalue weighted by Crippen LogP contribution is -2.18. The van der Waals surface area contributed by atoms with Crippen molar-refractivity contribution < 1.29 is 13.2 Å². The molecule has 2 N–H and O–H groups in total. The summed E-state index contributed by atoms with van der Waals surface area (Å²) in [6.45, 7) is 6.33. The molecule has 0 aliphatic carbocycles. The second kappa shape index (κ2) is 6.31. The summed E-state index contributed by atoms with van der Waals surface area (Å²) in [5.41, 5.74) is 0.856. The van der Waals surface area contributed by atoms with Crippen LogP contribution in [0.15, 0.2) is 28.1 Å². The number of hydrogen-bond donors (Lipinski definition) is 1. The first-order chi connectivity index (χ1) is 10.2. The molecule has 0 radical (unpaired) electrons. The SMILES string of the molecule is CCCn1c(=NC(=O)C(C)C)sc2cc(S(N)(=O)=O)ccc21. The van der Waals surface area contributed by atoms with Crippen LogP contribution >= 0.6 is 11.3 Å². The maximum absolute atomic E-state index is 11.9. The first-order valence-electron chi connectivity index (χ1n) is 6.98. The van der Waals surface area contributed by atoms with Crippen molar-refractivity contribution in [1.82, 2.24) is 4.57 Å². The zero-order valence-electron chi connectivity index (χ0n) is 12.7. The summed E-state index contributed by atoms with van der Waals surface area (Å²) in [7, 11) is -3.75. The molecule has 0 atom stereocenters. The number of carbonyl (C=O) groups excluding carboxylic acids is 1. The number of carbonyl (C=O) groups is 1. The Bertz CT molecular complexity index is 876. The molecule has 2 aromatic rings. The fourth-order valence-corrected chi connectivity index (χ4v) is 3.69. The van der Waals surface area contributed by atoms with Crippen LogP contribution in [0, 0.1) is 5.92 Å². The third kappa shape index (κ3) is 3.45. The molecule has 1 amide bonds. The second-order valence-electron chi connectivity index (χ2n) is 5.32. The van der Waals surface area contributed by atoms with Crippen molar-refractivity contribution in [2.24, 2.45) is 16.0 Å². The van der Waals surface area contributed by atoms with E-state index in [-0.39, 0.29) is 16.7 Å². The molecule has 2 rings (SSSR count). The molecule has 1 aromatic carbocycles. The number of nitrogens with two attached hydrogens (primary N) is 1. The van der Waals surface area contributed by atoms with Crippen LogP contribution in [0.3, 0.4) is 0 Å². The zero-order valence-corrected chi connectivity index (χ0v) is 14.4. The molecule has 0 saturated carbocycles. The van der Waals surface area contributed by atoms with Crippen molar-refractivity contribution in [2.45, 2.75) is 38.6 Å². The highest BCUT2D eigenvalue weighted by atomic mass is 32.2. The Morgan fingerprint density at radius 1 is 1.41 bits per heavy atom. The summed E-state index contributed by atoms with van der Waals surface area (Å²) in [6, 6.07) is 4.71. The molecule has 1 aromatic heterocycles. The average molecular weight is 341 g/mol. The average Bonchev–Trinajstić information content (AvgIpc) is 2.75. The Balaban J connectivity index is 2.71. The van der Waals surface area contributed by atoms with Crippen LogP contribution < -0.4 is 9.94 Å². The van der Waals surface area contributed by atoms with Gasteiger partial charge in [-0.25, -0.2) is 13.6 Å². The molecule has 0 saturated heterocycles. The summed E-state index contributed by atoms with van der Waals surface area (Å²) in [6.07, 6.45) is 0.881. The van der Waals surface area contributed by atoms with Crippen LogP contribution in [0.2, 0.25) is 0 Å². The minimum Gasteiger partial charge on any atom is -0.316 e. The highest BCUT2D eigenvalue weighted by Gasteiger charge is 2.13. The highest BCUT2D eigenvalue weighted by molar-refractivity contribution is 7.89. The Labute approximate surface area is 133 Å². The van der Waals surface area contributed by atoms with Gasteiger partial charge in [0, 0.05) is 12.5 Å². The Kier molecular flexibility index (Phi) is 4.84. The second-order valence-corrected chi connectivity index (χ2v) is 7.89. The number of nitrogens with zero attached hydrogens (tertiary/aromatic N) is 2. The van der Waals surface area contributed by atoms with Gasteiger partial charge in [0.2, 0.25) is 10.0 Å². The minimum absolute atomic E-state index is 0.0617. The van der Waals surface area contributed by atoms with Crippen molar-refractivity contribution in [1.29, 1.82) is 0 Å². The van der Waals surface area contributed by atoms with Crippen LogP contribution in [-0.2, 0) is 21.4 Å². The minimum atomic E-state index is -3.75. The van der Waals surface area contributed by atoms with Gasteiger partial charge in [-0.05, 0) is 24.6 Å². The molecule has 0 aliphatic rings. The van der Waals surface area contributed by atoms with E-state index >= 15 is 0 Å². The van der Waals surface area contributed by atoms with Gasteiger partial charge in [0.25, 0.3) is 5.91 Å². The summed E-state index contributed by atoms with van der Waals surface area (Å²) in [5.74, 6) is -0.372. The van der Waals surface area contributed by atoms with Gasteiger partial charge in [-0.1, -0.05) is 32.1 Å². The number of primary sulfonamides is 1. The molecule has 120 valence electrons. The summed E-state index contributed by atoms with van der Waals surface area (Å²) in [5, 5.41) is 5.16. The number of fused-ring (bicyclic) bond motifs is 1. The summed E-state index contributed by atoms with van der Waals surface area (Å²) >= 11 is 1.30. The number of benzene rings is 1. The molecule has 0 fully saturated rings. The van der Waals surface area contributed by atoms with Crippen LogP contribution in [-0.4, -0.2) is 18.9 Å². The predicted octanol–water partition coefficient (Wildman–Crippen LogP) is 1.84. The van der Waals surface area contributed by atoms with Crippen LogP contribution in [0.4, 0.5) is 0 Å². The van der Waals surface area contributed by atoms with E-state index < -0.39 is 10.0 Å². The molecular weight excluding hydrogens is 322 g/mol. The normalized spacial score (nSPS) is 13.2. The molecule has 6 nitrogen and oxygen atoms in total. The van der Waals surface area contributed by atoms with E-state index in [9.17, 15) is 13.2 Å². The van der Waals surface area contributed by atoms with E-state index in [1.165, 1.54) is 23.5 Å². The lowest BCUT2D eigenvalue weighted by Gasteiger charge is -2.04. The van der Waals surface area contributed by atoms with Gasteiger partial charge >= 0.3 is 0 Å². The molecule has 1 heterocycles. The highest BCUT2D eigenvalue weighted by Crippen LogP contribution is 2.21. The standard InChI is InChI=1S/C14H19N3O3S2/c1-4-7-17-11-6-5-10(22(15,19)20)8-12(11)21-14(17)16-13(18)9(2)3/h5-6,8-9H,4,7H2,1-3H3,(H2,15,19,20). The lowest BCUT2D eigenvalue weighted by molar-refractivity contribution is -0.120. The molecule has 0 aliphatic heterocycles. The van der Waals surface area contributed by atoms with E-state index in [2.05, 4.69) is 4.99 Å². The van der Waals surface area contributed by atoms with E-state index in [0.717, 1.165) is 16.6 Å². The summed E-state index contributed by atoms with van der Waals surface area (Å²) in [4.78, 5) is 16.7. The fourth-order valence-electron chi connectivity index (χ4n) is 1.98. The third-order valence-electron chi connectivity index (χ3n) is 3.13. The molecular formula is C14H19N3O3S2. The monoisotopic (exact) mass is 341 g/mol. The summed E-state index contributed by atoms with van der Waals surface area (Å²) < 4.78 is 25.6. The molecule has 0 unspecified atom stereocenters. The number of sulfonamides is 1. The molecule has 22 heavy (non-hydrogen) atoms. The van der Waals surface area contributed by atoms with E-state index in [0.29, 0.717) is 11.3 Å². The van der Waals surface area contributed by atoms with Gasteiger partial charge in [-0.3, -0.25) is 4.79 Å². The first kappa shape index (κ1) is 16.9. The van der Waals surface area contributed by atoms with E-state index in [1.54, 1.807) is 19.9 Å². The maximum atomic E-state index is 11.9. The van der Waals surface area contributed by atoms with Gasteiger partial charge in [0.15, 0.2) is 4.80 Å². The number of amides is 1. The van der Waals surface area contributed by atoms with Gasteiger partial charge in [-0.15, -0.1) is 0 Å². The predicted molar refractivity (Wildman–Crippen MR) is 86.9 cm³/mol. The van der Waals surface area contributed by atoms with Gasteiger partial charge in [-0.2, -0.15) is 4.99 Å². The van der Waals surface area contributed by atoms with Gasteiger partial charge in [0.1, 0.15) is 0 Å². The Hall–Kier alpha value is -1.51. The molecule has 0 spiro atoms. The number of aryl methyl sites for hydroxylation is 1. The smallest absolute Gasteiger partial charge is 0.250 e. The van der Waals surface area contributed by atoms with E-state index in [4.69, 9.17) is 5.14 Å². The van der Waals surface area contributed by atoms with Crippen LogP contribution in [0.5, 0.6) is 0 Å². The van der Waals surface area contributed by atoms with Crippen LogP contribution in [0.1, 0.15) is 27.2 Å². The van der Waals surface area contributed by atoms with Crippen molar-refractivity contribution in [3.8, 4) is 0 Å². The van der Waals surface area contributed by atoms with Crippen LogP contribution in [0.25, 0.3) is 10.2 Å². The number of hydrogen-bond acceptors (Lipinski definition) is 4. The topological polar surface area (TPSA) is 94.5 Å². The van der Waals surface area contributed by atoms with Crippen molar-refractivity contribution in [3.63, 3.8) is 0 Å². The van der Waals surface area contributed by atoms with Crippen molar-refractivity contribution >= 4 is 37.5 Å². The Morgan fingerprint density at radius 2 is 2.09 bits per heavy atom. The number of thiazole rings is 1. The largest absolute Gasteiger partial charge is 0.316 e. The Morgan fingerprint density at radius 3 is 2.64 bits per heavy atom. The fraction of sp³-hybridized carbons (Fsp3) is 0.429. The molecule has 0 bridgehead atoms. The first-order valence-corrected chi connectivity index (χ1v) is 9.35. The quantitative estimate of drug-likeness (QED) is 0.919. The van der Waals surface area contributed by atoms with Gasteiger partial charge in [0.05, 0.1) is 15.1 Å². The maximum Gasteiger partial charge on any atom is 0.250 e.